The Morgan fingerprint density at radius 3 is 2.28 bits per heavy atom. The van der Waals surface area contributed by atoms with Crippen molar-refractivity contribution in [3.63, 3.8) is 0 Å². The predicted octanol–water partition coefficient (Wildman–Crippen LogP) is 2.89. The number of hydrogen-bond acceptors (Lipinski definition) is 4. The third-order valence-electron chi connectivity index (χ3n) is 7.36. The number of imide groups is 1. The van der Waals surface area contributed by atoms with Crippen LogP contribution >= 0.6 is 11.8 Å². The number of nitrogens with zero attached hydrogens (tertiary/aromatic N) is 2. The van der Waals surface area contributed by atoms with Gasteiger partial charge in [-0.15, -0.1) is 0 Å². The van der Waals surface area contributed by atoms with Gasteiger partial charge in [0.05, 0.1) is 11.8 Å². The van der Waals surface area contributed by atoms with E-state index in [2.05, 4.69) is 0 Å². The van der Waals surface area contributed by atoms with E-state index in [9.17, 15) is 14.4 Å². The standard InChI is InChI=1S/C19H26N2O3S/c22-16(9-19-6-12-3-13(7-19)5-14(4-12)8-19)20-2-1-15(10-20)21-17(23)11-25-18(21)24/h12-15H,1-11H2. The lowest BCUT2D eigenvalue weighted by molar-refractivity contribution is -0.139. The highest BCUT2D eigenvalue weighted by molar-refractivity contribution is 8.14. The molecule has 6 aliphatic rings. The van der Waals surface area contributed by atoms with Crippen LogP contribution in [0, 0.1) is 23.2 Å². The molecule has 2 heterocycles. The number of rotatable bonds is 3. The lowest BCUT2D eigenvalue weighted by Gasteiger charge is -2.56. The van der Waals surface area contributed by atoms with Crippen molar-refractivity contribution in [3.8, 4) is 0 Å². The molecule has 2 saturated heterocycles. The van der Waals surface area contributed by atoms with Crippen LogP contribution in [-0.4, -0.2) is 51.7 Å². The topological polar surface area (TPSA) is 57.7 Å². The lowest BCUT2D eigenvalue weighted by atomic mass is 9.49. The number of likely N-dealkylation sites (tertiary alicyclic amines) is 1. The van der Waals surface area contributed by atoms with E-state index in [1.165, 1.54) is 43.4 Å². The number of carbonyl (C=O) groups is 3. The summed E-state index contributed by atoms with van der Waals surface area (Å²) < 4.78 is 0. The molecule has 3 amide bonds. The van der Waals surface area contributed by atoms with Gasteiger partial charge in [0.15, 0.2) is 0 Å². The average molecular weight is 362 g/mol. The van der Waals surface area contributed by atoms with Crippen LogP contribution in [0.15, 0.2) is 0 Å². The molecular weight excluding hydrogens is 336 g/mol. The minimum absolute atomic E-state index is 0.0876. The van der Waals surface area contributed by atoms with Crippen LogP contribution in [0.1, 0.15) is 51.4 Å². The second-order valence-corrected chi connectivity index (χ2v) is 10.1. The van der Waals surface area contributed by atoms with Crippen LogP contribution in [0.5, 0.6) is 0 Å². The van der Waals surface area contributed by atoms with Crippen LogP contribution in [-0.2, 0) is 9.59 Å². The van der Waals surface area contributed by atoms with Crippen molar-refractivity contribution in [1.29, 1.82) is 0 Å². The van der Waals surface area contributed by atoms with E-state index in [1.54, 1.807) is 0 Å². The number of hydrogen-bond donors (Lipinski definition) is 0. The summed E-state index contributed by atoms with van der Waals surface area (Å²) >= 11 is 1.09. The molecule has 2 aliphatic heterocycles. The quantitative estimate of drug-likeness (QED) is 0.775. The number of amides is 3. The molecule has 0 spiro atoms. The van der Waals surface area contributed by atoms with Crippen molar-refractivity contribution < 1.29 is 14.4 Å². The van der Waals surface area contributed by atoms with Gasteiger partial charge in [0.2, 0.25) is 11.8 Å². The van der Waals surface area contributed by atoms with Gasteiger partial charge < -0.3 is 4.90 Å². The summed E-state index contributed by atoms with van der Waals surface area (Å²) in [5.41, 5.74) is 0.263. The fraction of sp³-hybridized carbons (Fsp3) is 0.842. The highest BCUT2D eigenvalue weighted by Gasteiger charge is 2.52. The van der Waals surface area contributed by atoms with E-state index in [1.807, 2.05) is 4.90 Å². The summed E-state index contributed by atoms with van der Waals surface area (Å²) in [7, 11) is 0. The molecule has 0 N–H and O–H groups in total. The molecule has 6 rings (SSSR count). The van der Waals surface area contributed by atoms with Gasteiger partial charge in [0.25, 0.3) is 5.24 Å². The fourth-order valence-corrected chi connectivity index (χ4v) is 7.61. The molecule has 0 aromatic rings. The van der Waals surface area contributed by atoms with Crippen LogP contribution in [0.4, 0.5) is 4.79 Å². The second kappa shape index (κ2) is 5.73. The Morgan fingerprint density at radius 1 is 1.08 bits per heavy atom. The van der Waals surface area contributed by atoms with Gasteiger partial charge in [0.1, 0.15) is 0 Å². The molecule has 6 heteroatoms. The zero-order chi connectivity index (χ0) is 17.2. The average Bonchev–Trinajstić information content (AvgIpc) is 3.12. The highest BCUT2D eigenvalue weighted by Crippen LogP contribution is 2.61. The fourth-order valence-electron chi connectivity index (χ4n) is 6.84. The molecule has 0 radical (unpaired) electrons. The molecule has 1 unspecified atom stereocenters. The first kappa shape index (κ1) is 16.2. The summed E-state index contributed by atoms with van der Waals surface area (Å²) in [5.74, 6) is 3.02. The first-order chi connectivity index (χ1) is 12.0. The molecule has 1 atom stereocenters. The van der Waals surface area contributed by atoms with Gasteiger partial charge in [-0.05, 0) is 68.1 Å². The molecule has 25 heavy (non-hydrogen) atoms. The Hall–Kier alpha value is -1.04. The molecule has 0 aromatic heterocycles. The number of thioether (sulfide) groups is 1. The molecule has 136 valence electrons. The van der Waals surface area contributed by atoms with Crippen LogP contribution in [0.2, 0.25) is 0 Å². The maximum atomic E-state index is 13.0. The monoisotopic (exact) mass is 362 g/mol. The zero-order valence-electron chi connectivity index (χ0n) is 14.6. The Morgan fingerprint density at radius 2 is 1.72 bits per heavy atom. The minimum atomic E-state index is -0.134. The van der Waals surface area contributed by atoms with Crippen LogP contribution in [0.3, 0.4) is 0 Å². The molecule has 5 nitrogen and oxygen atoms in total. The first-order valence-corrected chi connectivity index (χ1v) is 10.8. The molecule has 6 fully saturated rings. The first-order valence-electron chi connectivity index (χ1n) is 9.78. The van der Waals surface area contributed by atoms with Gasteiger partial charge in [-0.25, -0.2) is 0 Å². The van der Waals surface area contributed by atoms with Crippen LogP contribution < -0.4 is 0 Å². The summed E-state index contributed by atoms with van der Waals surface area (Å²) in [6.07, 6.45) is 9.39. The maximum Gasteiger partial charge on any atom is 0.289 e. The van der Waals surface area contributed by atoms with Gasteiger partial charge in [-0.2, -0.15) is 0 Å². The molecule has 0 aromatic carbocycles. The van der Waals surface area contributed by atoms with E-state index in [-0.39, 0.29) is 34.3 Å². The van der Waals surface area contributed by atoms with E-state index >= 15 is 0 Å². The third-order valence-corrected chi connectivity index (χ3v) is 8.19. The Balaban J connectivity index is 1.24. The smallest absolute Gasteiger partial charge is 0.289 e. The zero-order valence-corrected chi connectivity index (χ0v) is 15.4. The predicted molar refractivity (Wildman–Crippen MR) is 94.9 cm³/mol. The van der Waals surface area contributed by atoms with E-state index in [0.717, 1.165) is 35.9 Å². The molecular formula is C19H26N2O3S. The maximum absolute atomic E-state index is 13.0. The second-order valence-electron chi connectivity index (χ2n) is 9.19. The van der Waals surface area contributed by atoms with Gasteiger partial charge in [-0.3, -0.25) is 19.3 Å². The van der Waals surface area contributed by atoms with Gasteiger partial charge >= 0.3 is 0 Å². The minimum Gasteiger partial charge on any atom is -0.341 e. The van der Waals surface area contributed by atoms with Crippen molar-refractivity contribution in [2.45, 2.75) is 57.4 Å². The SMILES string of the molecule is O=C(CC12CC3CC(CC(C3)C1)C2)N1CCC(N2C(=O)CSC2=O)C1. The Bertz CT molecular complexity index is 583. The van der Waals surface area contributed by atoms with E-state index < -0.39 is 0 Å². The Kier molecular flexibility index (Phi) is 3.70. The van der Waals surface area contributed by atoms with Crippen LogP contribution in [0.25, 0.3) is 0 Å². The van der Waals surface area contributed by atoms with Gasteiger partial charge in [-0.1, -0.05) is 11.8 Å². The largest absolute Gasteiger partial charge is 0.341 e. The molecule has 4 bridgehead atoms. The van der Waals surface area contributed by atoms with Gasteiger partial charge in [0, 0.05) is 19.5 Å². The molecule has 4 saturated carbocycles. The van der Waals surface area contributed by atoms with Crippen molar-refractivity contribution in [3.05, 3.63) is 0 Å². The normalized spacial score (nSPS) is 42.7. The van der Waals surface area contributed by atoms with Crippen molar-refractivity contribution in [2.75, 3.05) is 18.8 Å². The lowest BCUT2D eigenvalue weighted by Crippen LogP contribution is -2.48. The van der Waals surface area contributed by atoms with E-state index in [0.29, 0.717) is 19.5 Å². The highest BCUT2D eigenvalue weighted by atomic mass is 32.2. The summed E-state index contributed by atoms with van der Waals surface area (Å²) in [4.78, 5) is 40.2. The van der Waals surface area contributed by atoms with Crippen molar-refractivity contribution in [1.82, 2.24) is 9.80 Å². The summed E-state index contributed by atoms with van der Waals surface area (Å²) in [6.45, 7) is 1.24. The Labute approximate surface area is 152 Å². The summed E-state index contributed by atoms with van der Waals surface area (Å²) in [6, 6.07) is -0.102. The molecule has 4 aliphatic carbocycles. The van der Waals surface area contributed by atoms with Crippen molar-refractivity contribution in [2.24, 2.45) is 23.2 Å². The third kappa shape index (κ3) is 2.71. The summed E-state index contributed by atoms with van der Waals surface area (Å²) in [5, 5.41) is -0.134. The number of carbonyl (C=O) groups excluding carboxylic acids is 3. The van der Waals surface area contributed by atoms with E-state index in [4.69, 9.17) is 0 Å². The van der Waals surface area contributed by atoms with Crippen molar-refractivity contribution >= 4 is 28.8 Å².